The highest BCUT2D eigenvalue weighted by Gasteiger charge is 2.11. The second-order valence-electron chi connectivity index (χ2n) is 6.94. The fourth-order valence-corrected chi connectivity index (χ4v) is 3.17. The molecule has 2 amide bonds. The highest BCUT2D eigenvalue weighted by molar-refractivity contribution is 5.73. The summed E-state index contributed by atoms with van der Waals surface area (Å²) in [6.07, 6.45) is 7.30. The summed E-state index contributed by atoms with van der Waals surface area (Å²) in [6, 6.07) is 16.9. The topological polar surface area (TPSA) is 105 Å². The van der Waals surface area contributed by atoms with Gasteiger partial charge in [0.25, 0.3) is 5.56 Å². The lowest BCUT2D eigenvalue weighted by Gasteiger charge is -2.09. The minimum atomic E-state index is -0.245. The fourth-order valence-electron chi connectivity index (χ4n) is 3.17. The van der Waals surface area contributed by atoms with Gasteiger partial charge in [0.05, 0.1) is 5.56 Å². The number of pyridine rings is 2. The Hall–Kier alpha value is -4.20. The lowest BCUT2D eigenvalue weighted by Crippen LogP contribution is -2.36. The number of aromatic amines is 1. The van der Waals surface area contributed by atoms with E-state index in [-0.39, 0.29) is 11.6 Å². The van der Waals surface area contributed by atoms with Gasteiger partial charge in [-0.1, -0.05) is 36.4 Å². The first-order valence-corrected chi connectivity index (χ1v) is 9.92. The number of carbonyl (C=O) groups is 1. The Labute approximate surface area is 179 Å². The van der Waals surface area contributed by atoms with Crippen LogP contribution in [0.5, 0.6) is 0 Å². The van der Waals surface area contributed by atoms with Crippen LogP contribution < -0.4 is 16.2 Å². The van der Waals surface area contributed by atoms with E-state index >= 15 is 0 Å². The Balaban J connectivity index is 1.36. The van der Waals surface area contributed by atoms with Crippen molar-refractivity contribution in [3.63, 3.8) is 0 Å². The van der Waals surface area contributed by atoms with Gasteiger partial charge in [-0.25, -0.2) is 14.5 Å². The first kappa shape index (κ1) is 20.1. The summed E-state index contributed by atoms with van der Waals surface area (Å²) in [5, 5.41) is 8.61. The monoisotopic (exact) mass is 414 g/mol. The zero-order chi connectivity index (χ0) is 21.5. The molecule has 0 saturated carbocycles. The van der Waals surface area contributed by atoms with Crippen molar-refractivity contribution >= 4 is 6.03 Å². The molecule has 0 aliphatic heterocycles. The van der Waals surface area contributed by atoms with Crippen molar-refractivity contribution in [2.75, 3.05) is 6.54 Å². The Kier molecular flexibility index (Phi) is 6.18. The molecule has 31 heavy (non-hydrogen) atoms. The number of nitrogens with one attached hydrogen (secondary N) is 3. The maximum absolute atomic E-state index is 12.8. The molecule has 0 atom stereocenters. The van der Waals surface area contributed by atoms with Gasteiger partial charge in [0.15, 0.2) is 5.82 Å². The van der Waals surface area contributed by atoms with Crippen LogP contribution in [0.3, 0.4) is 0 Å². The molecule has 0 aliphatic carbocycles. The summed E-state index contributed by atoms with van der Waals surface area (Å²) in [4.78, 5) is 33.2. The molecule has 1 aromatic carbocycles. The number of H-pyrrole nitrogens is 1. The summed E-state index contributed by atoms with van der Waals surface area (Å²) in [5.74, 6) is 0.448. The number of urea groups is 1. The van der Waals surface area contributed by atoms with Gasteiger partial charge in [0.2, 0.25) is 0 Å². The van der Waals surface area contributed by atoms with Gasteiger partial charge in [0.1, 0.15) is 0 Å². The standard InChI is InChI=1S/C23H22N6O2/c30-22-20(19-7-4-10-24-15-19)16-28-29(22)21-13-18(9-11-25-21)14-27-23(31)26-12-8-17-5-2-1-3-6-17/h1-7,9-11,13,15-16,28H,8,12,14H2,(H2,26,27,31). The molecule has 0 radical (unpaired) electrons. The number of carbonyl (C=O) groups excluding carboxylic acids is 1. The number of nitrogens with zero attached hydrogens (tertiary/aromatic N) is 3. The zero-order valence-corrected chi connectivity index (χ0v) is 16.8. The summed E-state index contributed by atoms with van der Waals surface area (Å²) < 4.78 is 1.37. The van der Waals surface area contributed by atoms with Crippen molar-refractivity contribution in [2.45, 2.75) is 13.0 Å². The Morgan fingerprint density at radius 3 is 2.68 bits per heavy atom. The third-order valence-electron chi connectivity index (χ3n) is 4.78. The number of hydrogen-bond acceptors (Lipinski definition) is 4. The molecule has 8 nitrogen and oxygen atoms in total. The average molecular weight is 414 g/mol. The molecule has 0 fully saturated rings. The van der Waals surface area contributed by atoms with Crippen LogP contribution in [0.25, 0.3) is 16.9 Å². The van der Waals surface area contributed by atoms with Crippen LogP contribution in [0.1, 0.15) is 11.1 Å². The van der Waals surface area contributed by atoms with E-state index in [0.29, 0.717) is 24.5 Å². The van der Waals surface area contributed by atoms with E-state index in [4.69, 9.17) is 0 Å². The molecule has 4 rings (SSSR count). The number of hydrogen-bond donors (Lipinski definition) is 3. The van der Waals surface area contributed by atoms with E-state index in [1.54, 1.807) is 43.0 Å². The van der Waals surface area contributed by atoms with Crippen LogP contribution in [0.4, 0.5) is 4.79 Å². The second kappa shape index (κ2) is 9.53. The minimum Gasteiger partial charge on any atom is -0.338 e. The zero-order valence-electron chi connectivity index (χ0n) is 16.8. The van der Waals surface area contributed by atoms with Crippen LogP contribution in [0, 0.1) is 0 Å². The number of rotatable bonds is 7. The highest BCUT2D eigenvalue weighted by atomic mass is 16.2. The van der Waals surface area contributed by atoms with Crippen LogP contribution in [-0.2, 0) is 13.0 Å². The van der Waals surface area contributed by atoms with Crippen molar-refractivity contribution in [1.82, 2.24) is 30.4 Å². The lowest BCUT2D eigenvalue weighted by atomic mass is 10.1. The second-order valence-corrected chi connectivity index (χ2v) is 6.94. The maximum Gasteiger partial charge on any atom is 0.315 e. The van der Waals surface area contributed by atoms with Crippen molar-refractivity contribution in [3.05, 3.63) is 101 Å². The quantitative estimate of drug-likeness (QED) is 0.432. The van der Waals surface area contributed by atoms with E-state index in [2.05, 4.69) is 25.7 Å². The van der Waals surface area contributed by atoms with E-state index in [1.165, 1.54) is 10.2 Å². The molecule has 3 aromatic heterocycles. The van der Waals surface area contributed by atoms with Crippen molar-refractivity contribution in [3.8, 4) is 16.9 Å². The van der Waals surface area contributed by atoms with Crippen LogP contribution >= 0.6 is 0 Å². The predicted molar refractivity (Wildman–Crippen MR) is 118 cm³/mol. The maximum atomic E-state index is 12.8. The molecule has 3 N–H and O–H groups in total. The van der Waals surface area contributed by atoms with Gasteiger partial charge in [0, 0.05) is 43.4 Å². The fraction of sp³-hybridized carbons (Fsp3) is 0.130. The summed E-state index contributed by atoms with van der Waals surface area (Å²) in [7, 11) is 0. The molecular formula is C23H22N6O2. The van der Waals surface area contributed by atoms with Crippen LogP contribution in [0.15, 0.2) is 84.2 Å². The van der Waals surface area contributed by atoms with E-state index < -0.39 is 0 Å². The van der Waals surface area contributed by atoms with Gasteiger partial charge in [-0.15, -0.1) is 0 Å². The van der Waals surface area contributed by atoms with Gasteiger partial charge in [-0.2, -0.15) is 0 Å². The normalized spacial score (nSPS) is 10.6. The summed E-state index contributed by atoms with van der Waals surface area (Å²) in [6.45, 7) is 0.865. The Morgan fingerprint density at radius 2 is 1.87 bits per heavy atom. The lowest BCUT2D eigenvalue weighted by molar-refractivity contribution is 0.240. The van der Waals surface area contributed by atoms with Gasteiger partial charge in [-0.05, 0) is 35.7 Å². The molecule has 0 bridgehead atoms. The highest BCUT2D eigenvalue weighted by Crippen LogP contribution is 2.14. The largest absolute Gasteiger partial charge is 0.338 e. The van der Waals surface area contributed by atoms with E-state index in [0.717, 1.165) is 17.5 Å². The Bertz CT molecular complexity index is 1200. The molecule has 0 unspecified atom stereocenters. The van der Waals surface area contributed by atoms with E-state index in [9.17, 15) is 9.59 Å². The first-order chi connectivity index (χ1) is 15.2. The molecule has 0 spiro atoms. The third kappa shape index (κ3) is 5.05. The molecule has 3 heterocycles. The van der Waals surface area contributed by atoms with E-state index in [1.807, 2.05) is 36.4 Å². The molecule has 0 saturated heterocycles. The first-order valence-electron chi connectivity index (χ1n) is 9.92. The molecule has 4 aromatic rings. The smallest absolute Gasteiger partial charge is 0.315 e. The molecule has 0 aliphatic rings. The molecular weight excluding hydrogens is 392 g/mol. The summed E-state index contributed by atoms with van der Waals surface area (Å²) in [5.41, 5.74) is 3.02. The SMILES string of the molecule is O=C(NCCc1ccccc1)NCc1ccnc(-n2[nH]cc(-c3cccnc3)c2=O)c1. The predicted octanol–water partition coefficient (Wildman–Crippen LogP) is 2.66. The number of amides is 2. The minimum absolute atomic E-state index is 0.218. The van der Waals surface area contributed by atoms with Crippen molar-refractivity contribution in [2.24, 2.45) is 0 Å². The van der Waals surface area contributed by atoms with Gasteiger partial charge in [-0.3, -0.25) is 14.9 Å². The van der Waals surface area contributed by atoms with Gasteiger partial charge >= 0.3 is 6.03 Å². The summed E-state index contributed by atoms with van der Waals surface area (Å²) >= 11 is 0. The molecule has 156 valence electrons. The molecule has 8 heteroatoms. The third-order valence-corrected chi connectivity index (χ3v) is 4.78. The Morgan fingerprint density at radius 1 is 1.00 bits per heavy atom. The number of benzene rings is 1. The van der Waals surface area contributed by atoms with Crippen molar-refractivity contribution in [1.29, 1.82) is 0 Å². The van der Waals surface area contributed by atoms with Crippen LogP contribution in [0.2, 0.25) is 0 Å². The van der Waals surface area contributed by atoms with Crippen molar-refractivity contribution < 1.29 is 4.79 Å². The average Bonchev–Trinajstić information content (AvgIpc) is 3.20. The number of aromatic nitrogens is 4. The van der Waals surface area contributed by atoms with Crippen LogP contribution in [-0.4, -0.2) is 32.3 Å². The van der Waals surface area contributed by atoms with Gasteiger partial charge < -0.3 is 10.6 Å².